The number of carboxylic acids is 1. The van der Waals surface area contributed by atoms with Gasteiger partial charge in [-0.3, -0.25) is 4.79 Å². The monoisotopic (exact) mass is 362 g/mol. The van der Waals surface area contributed by atoms with E-state index < -0.39 is 11.4 Å². The number of aliphatic carboxylic acids is 1. The molecule has 0 spiro atoms. The minimum absolute atomic E-state index is 0.228. The van der Waals surface area contributed by atoms with Gasteiger partial charge in [-0.15, -0.1) is 0 Å². The Hall–Kier alpha value is -1.95. The van der Waals surface area contributed by atoms with Gasteiger partial charge in [0.05, 0.1) is 11.1 Å². The van der Waals surface area contributed by atoms with E-state index in [1.54, 1.807) is 12.1 Å². The summed E-state index contributed by atoms with van der Waals surface area (Å²) in [6.07, 6.45) is 4.42. The molecule has 0 aromatic heterocycles. The summed E-state index contributed by atoms with van der Waals surface area (Å²) in [6.45, 7) is 4.86. The lowest BCUT2D eigenvalue weighted by Gasteiger charge is -2.39. The van der Waals surface area contributed by atoms with Gasteiger partial charge in [-0.05, 0) is 56.6 Å². The van der Waals surface area contributed by atoms with Crippen molar-refractivity contribution in [2.24, 2.45) is 10.6 Å². The molecule has 2 aliphatic heterocycles. The Labute approximate surface area is 153 Å². The highest BCUT2D eigenvalue weighted by molar-refractivity contribution is 6.01. The van der Waals surface area contributed by atoms with Crippen LogP contribution in [0, 0.1) is 11.2 Å². The molecule has 0 saturated carbocycles. The third-order valence-corrected chi connectivity index (χ3v) is 5.62. The van der Waals surface area contributed by atoms with Crippen LogP contribution in [0.4, 0.5) is 4.39 Å². The van der Waals surface area contributed by atoms with E-state index in [4.69, 9.17) is 4.84 Å². The highest BCUT2D eigenvalue weighted by Gasteiger charge is 2.44. The number of unbranched alkanes of at least 4 members (excludes halogenated alkanes) is 1. The summed E-state index contributed by atoms with van der Waals surface area (Å²) in [5.74, 6) is -1.02. The zero-order chi connectivity index (χ0) is 18.6. The van der Waals surface area contributed by atoms with Crippen LogP contribution in [0.5, 0.6) is 0 Å². The Balaban J connectivity index is 1.58. The van der Waals surface area contributed by atoms with E-state index in [1.165, 1.54) is 12.1 Å². The maximum Gasteiger partial charge on any atom is 0.309 e. The molecule has 1 fully saturated rings. The zero-order valence-electron chi connectivity index (χ0n) is 15.3. The topological polar surface area (TPSA) is 62.1 Å². The molecular formula is C20H27FN2O3. The normalized spacial score (nSPS) is 22.7. The number of hydrogen-bond donors (Lipinski definition) is 1. The van der Waals surface area contributed by atoms with Gasteiger partial charge in [0.15, 0.2) is 0 Å². The lowest BCUT2D eigenvalue weighted by atomic mass is 9.73. The Kier molecular flexibility index (Phi) is 5.91. The molecule has 3 rings (SSSR count). The number of rotatable bonds is 7. The van der Waals surface area contributed by atoms with Crippen LogP contribution in [-0.4, -0.2) is 47.4 Å². The fraction of sp³-hybridized carbons (Fsp3) is 0.600. The molecule has 1 saturated heterocycles. The fourth-order valence-electron chi connectivity index (χ4n) is 3.88. The van der Waals surface area contributed by atoms with Crippen molar-refractivity contribution in [3.63, 3.8) is 0 Å². The second kappa shape index (κ2) is 8.16. The van der Waals surface area contributed by atoms with Crippen LogP contribution in [0.1, 0.15) is 51.0 Å². The van der Waals surface area contributed by atoms with Crippen molar-refractivity contribution < 1.29 is 19.1 Å². The number of carboxylic acid groups (broad SMARTS) is 1. The first-order valence-electron chi connectivity index (χ1n) is 9.47. The van der Waals surface area contributed by atoms with Crippen molar-refractivity contribution in [3.8, 4) is 0 Å². The summed E-state index contributed by atoms with van der Waals surface area (Å²) < 4.78 is 13.1. The van der Waals surface area contributed by atoms with Crippen LogP contribution in [0.15, 0.2) is 29.4 Å². The highest BCUT2D eigenvalue weighted by atomic mass is 19.1. The van der Waals surface area contributed by atoms with Gasteiger partial charge in [-0.25, -0.2) is 4.39 Å². The second-order valence-corrected chi connectivity index (χ2v) is 7.46. The van der Waals surface area contributed by atoms with Gasteiger partial charge in [0.1, 0.15) is 11.9 Å². The summed E-state index contributed by atoms with van der Waals surface area (Å²) >= 11 is 0. The first-order valence-corrected chi connectivity index (χ1v) is 9.47. The van der Waals surface area contributed by atoms with E-state index in [9.17, 15) is 14.3 Å². The molecule has 1 N–H and O–H groups in total. The van der Waals surface area contributed by atoms with Crippen molar-refractivity contribution in [2.75, 3.05) is 19.6 Å². The Morgan fingerprint density at radius 1 is 1.35 bits per heavy atom. The number of piperidine rings is 1. The predicted molar refractivity (Wildman–Crippen MR) is 97.7 cm³/mol. The molecule has 26 heavy (non-hydrogen) atoms. The third-order valence-electron chi connectivity index (χ3n) is 5.62. The highest BCUT2D eigenvalue weighted by Crippen LogP contribution is 2.39. The third kappa shape index (κ3) is 4.23. The number of oxime groups is 1. The van der Waals surface area contributed by atoms with Gasteiger partial charge in [0, 0.05) is 12.8 Å². The van der Waals surface area contributed by atoms with Crippen molar-refractivity contribution in [2.45, 2.75) is 51.6 Å². The zero-order valence-corrected chi connectivity index (χ0v) is 15.3. The van der Waals surface area contributed by atoms with Gasteiger partial charge < -0.3 is 14.8 Å². The maximum absolute atomic E-state index is 13.1. The van der Waals surface area contributed by atoms with Crippen LogP contribution in [0.3, 0.4) is 0 Å². The molecule has 0 amide bonds. The summed E-state index contributed by atoms with van der Waals surface area (Å²) in [6, 6.07) is 6.16. The second-order valence-electron chi connectivity index (χ2n) is 7.46. The summed E-state index contributed by atoms with van der Waals surface area (Å²) in [5, 5.41) is 14.0. The van der Waals surface area contributed by atoms with Gasteiger partial charge >= 0.3 is 5.97 Å². The first kappa shape index (κ1) is 18.8. The SMILES string of the molecule is CCCCN1CCC(C[C@@H]2CC(c3ccc(F)cc3)=NO2)(C(=O)O)CC1. The molecule has 2 aliphatic rings. The largest absolute Gasteiger partial charge is 0.481 e. The van der Waals surface area contributed by atoms with Crippen LogP contribution in [0.25, 0.3) is 0 Å². The van der Waals surface area contributed by atoms with E-state index in [-0.39, 0.29) is 11.9 Å². The minimum atomic E-state index is -0.735. The quantitative estimate of drug-likeness (QED) is 0.804. The number of benzene rings is 1. The number of nitrogens with zero attached hydrogens (tertiary/aromatic N) is 2. The summed E-state index contributed by atoms with van der Waals surface area (Å²) in [7, 11) is 0. The standard InChI is InChI=1S/C20H27FN2O3/c1-2-3-10-23-11-8-20(9-12-23,19(24)25)14-17-13-18(22-26-17)15-4-6-16(21)7-5-15/h4-7,17H,2-3,8-14H2,1H3,(H,24,25)/t17-/m0/s1. The predicted octanol–water partition coefficient (Wildman–Crippen LogP) is 3.68. The van der Waals surface area contributed by atoms with Crippen molar-refractivity contribution in [1.29, 1.82) is 0 Å². The molecule has 0 radical (unpaired) electrons. The molecule has 2 heterocycles. The van der Waals surface area contributed by atoms with Crippen LogP contribution in [-0.2, 0) is 9.63 Å². The van der Waals surface area contributed by atoms with Gasteiger partial charge in [0.25, 0.3) is 0 Å². The average Bonchev–Trinajstić information content (AvgIpc) is 3.10. The van der Waals surface area contributed by atoms with Gasteiger partial charge in [-0.1, -0.05) is 30.6 Å². The molecule has 5 nitrogen and oxygen atoms in total. The molecule has 1 aromatic rings. The first-order chi connectivity index (χ1) is 12.5. The van der Waals surface area contributed by atoms with Crippen LogP contribution >= 0.6 is 0 Å². The van der Waals surface area contributed by atoms with Crippen molar-refractivity contribution >= 4 is 11.7 Å². The van der Waals surface area contributed by atoms with Gasteiger partial charge in [-0.2, -0.15) is 0 Å². The van der Waals surface area contributed by atoms with Crippen LogP contribution < -0.4 is 0 Å². The molecular weight excluding hydrogens is 335 g/mol. The van der Waals surface area contributed by atoms with E-state index in [2.05, 4.69) is 17.0 Å². The van der Waals surface area contributed by atoms with Crippen molar-refractivity contribution in [3.05, 3.63) is 35.6 Å². The summed E-state index contributed by atoms with van der Waals surface area (Å²) in [5.41, 5.74) is 0.852. The van der Waals surface area contributed by atoms with Crippen molar-refractivity contribution in [1.82, 2.24) is 4.90 Å². The molecule has 0 aliphatic carbocycles. The lowest BCUT2D eigenvalue weighted by Crippen LogP contribution is -2.46. The number of hydrogen-bond acceptors (Lipinski definition) is 4. The molecule has 0 bridgehead atoms. The number of halogens is 1. The molecule has 142 valence electrons. The fourth-order valence-corrected chi connectivity index (χ4v) is 3.88. The van der Waals surface area contributed by atoms with E-state index in [0.717, 1.165) is 43.8 Å². The summed E-state index contributed by atoms with van der Waals surface area (Å²) in [4.78, 5) is 19.9. The number of carbonyl (C=O) groups is 1. The van der Waals surface area contributed by atoms with E-state index >= 15 is 0 Å². The van der Waals surface area contributed by atoms with E-state index in [1.807, 2.05) is 0 Å². The maximum atomic E-state index is 13.1. The Morgan fingerprint density at radius 2 is 2.04 bits per heavy atom. The molecule has 1 aromatic carbocycles. The Morgan fingerprint density at radius 3 is 2.65 bits per heavy atom. The minimum Gasteiger partial charge on any atom is -0.481 e. The average molecular weight is 362 g/mol. The molecule has 0 unspecified atom stereocenters. The smallest absolute Gasteiger partial charge is 0.309 e. The lowest BCUT2D eigenvalue weighted by molar-refractivity contribution is -0.155. The van der Waals surface area contributed by atoms with Gasteiger partial charge in [0.2, 0.25) is 0 Å². The Bertz CT molecular complexity index is 652. The van der Waals surface area contributed by atoms with Crippen LogP contribution in [0.2, 0.25) is 0 Å². The number of likely N-dealkylation sites (tertiary alicyclic amines) is 1. The molecule has 6 heteroatoms. The van der Waals surface area contributed by atoms with E-state index in [0.29, 0.717) is 25.7 Å². The molecule has 1 atom stereocenters.